The van der Waals surface area contributed by atoms with E-state index >= 15 is 0 Å². The average Bonchev–Trinajstić information content (AvgIpc) is 2.31. The smallest absolute Gasteiger partial charge is 0.329 e. The van der Waals surface area contributed by atoms with E-state index in [1.165, 1.54) is 19.3 Å². The van der Waals surface area contributed by atoms with E-state index in [1.807, 2.05) is 6.92 Å². The predicted octanol–water partition coefficient (Wildman–Crippen LogP) is 1.26. The number of rotatable bonds is 4. The number of ether oxygens (including phenoxy) is 2. The van der Waals surface area contributed by atoms with Crippen LogP contribution in [0.5, 0.6) is 0 Å². The quantitative estimate of drug-likeness (QED) is 0.832. The zero-order valence-electron chi connectivity index (χ0n) is 11.6. The highest BCUT2D eigenvalue weighted by atomic mass is 16.5. The molecule has 0 aromatic heterocycles. The van der Waals surface area contributed by atoms with E-state index in [-0.39, 0.29) is 17.8 Å². The monoisotopic (exact) mass is 269 g/mol. The van der Waals surface area contributed by atoms with E-state index in [1.54, 1.807) is 0 Å². The fourth-order valence-electron chi connectivity index (χ4n) is 3.63. The number of hydrogen-bond donors (Lipinski definition) is 1. The molecule has 0 aromatic carbocycles. The third-order valence-electron chi connectivity index (χ3n) is 4.87. The van der Waals surface area contributed by atoms with Gasteiger partial charge < -0.3 is 14.6 Å². The van der Waals surface area contributed by atoms with Gasteiger partial charge in [-0.25, -0.2) is 4.79 Å². The predicted molar refractivity (Wildman–Crippen MR) is 69.1 cm³/mol. The van der Waals surface area contributed by atoms with Gasteiger partial charge >= 0.3 is 5.97 Å². The topological polar surface area (TPSA) is 59.0 Å². The van der Waals surface area contributed by atoms with Gasteiger partial charge in [-0.05, 0) is 39.0 Å². The van der Waals surface area contributed by atoms with Crippen LogP contribution in [0.3, 0.4) is 0 Å². The van der Waals surface area contributed by atoms with Gasteiger partial charge in [-0.15, -0.1) is 0 Å². The van der Waals surface area contributed by atoms with Crippen molar-refractivity contribution in [3.63, 3.8) is 0 Å². The summed E-state index contributed by atoms with van der Waals surface area (Å²) in [5.74, 6) is -0.890. The molecule has 5 heteroatoms. The fraction of sp³-hybridized carbons (Fsp3) is 0.929. The standard InChI is InChI=1S/C14H23NO4/c1-13(19-8-12(16)17)9-15(10-13)11-3-6-18-14(7-11)4-2-5-14/h11H,2-10H2,1H3,(H,16,17). The molecule has 1 unspecified atom stereocenters. The summed E-state index contributed by atoms with van der Waals surface area (Å²) in [4.78, 5) is 13.0. The van der Waals surface area contributed by atoms with Crippen molar-refractivity contribution >= 4 is 5.97 Å². The largest absolute Gasteiger partial charge is 0.480 e. The molecule has 0 bridgehead atoms. The molecule has 19 heavy (non-hydrogen) atoms. The van der Waals surface area contributed by atoms with Gasteiger partial charge in [0.2, 0.25) is 0 Å². The molecule has 1 spiro atoms. The highest BCUT2D eigenvalue weighted by Gasteiger charge is 2.49. The zero-order valence-corrected chi connectivity index (χ0v) is 11.6. The molecule has 1 atom stereocenters. The first kappa shape index (κ1) is 13.3. The first-order valence-corrected chi connectivity index (χ1v) is 7.24. The molecule has 3 rings (SSSR count). The summed E-state index contributed by atoms with van der Waals surface area (Å²) in [7, 11) is 0. The van der Waals surface area contributed by atoms with Gasteiger partial charge in [0.25, 0.3) is 0 Å². The number of carboxylic acid groups (broad SMARTS) is 1. The SMILES string of the molecule is CC1(OCC(=O)O)CN(C2CCOC3(CCC3)C2)C1. The minimum atomic E-state index is -0.890. The van der Waals surface area contributed by atoms with Crippen molar-refractivity contribution in [2.45, 2.75) is 56.3 Å². The number of carboxylic acids is 1. The van der Waals surface area contributed by atoms with Gasteiger partial charge in [0, 0.05) is 25.7 Å². The summed E-state index contributed by atoms with van der Waals surface area (Å²) >= 11 is 0. The van der Waals surface area contributed by atoms with Crippen LogP contribution in [0.2, 0.25) is 0 Å². The van der Waals surface area contributed by atoms with Gasteiger partial charge in [-0.1, -0.05) is 0 Å². The second kappa shape index (κ2) is 4.72. The molecule has 0 radical (unpaired) electrons. The lowest BCUT2D eigenvalue weighted by atomic mass is 9.73. The Bertz CT molecular complexity index is 360. The molecule has 5 nitrogen and oxygen atoms in total. The highest BCUT2D eigenvalue weighted by Crippen LogP contribution is 2.44. The van der Waals surface area contributed by atoms with Crippen molar-refractivity contribution in [2.24, 2.45) is 0 Å². The Morgan fingerprint density at radius 1 is 1.47 bits per heavy atom. The van der Waals surface area contributed by atoms with Crippen LogP contribution in [0.1, 0.15) is 39.0 Å². The molecule has 1 N–H and O–H groups in total. The van der Waals surface area contributed by atoms with Crippen LogP contribution in [0.4, 0.5) is 0 Å². The molecule has 108 valence electrons. The fourth-order valence-corrected chi connectivity index (χ4v) is 3.63. The van der Waals surface area contributed by atoms with E-state index in [4.69, 9.17) is 14.6 Å². The number of nitrogens with zero attached hydrogens (tertiary/aromatic N) is 1. The van der Waals surface area contributed by atoms with Gasteiger partial charge in [0.05, 0.1) is 11.2 Å². The Balaban J connectivity index is 1.48. The van der Waals surface area contributed by atoms with Crippen molar-refractivity contribution in [2.75, 3.05) is 26.3 Å². The van der Waals surface area contributed by atoms with Crippen molar-refractivity contribution in [1.29, 1.82) is 0 Å². The Morgan fingerprint density at radius 3 is 2.79 bits per heavy atom. The van der Waals surface area contributed by atoms with Gasteiger partial charge in [-0.2, -0.15) is 0 Å². The average molecular weight is 269 g/mol. The number of likely N-dealkylation sites (tertiary alicyclic amines) is 1. The molecule has 0 amide bonds. The van der Waals surface area contributed by atoms with Crippen LogP contribution >= 0.6 is 0 Å². The van der Waals surface area contributed by atoms with Crippen LogP contribution in [0.25, 0.3) is 0 Å². The van der Waals surface area contributed by atoms with Crippen LogP contribution in [-0.4, -0.2) is 59.5 Å². The molecular weight excluding hydrogens is 246 g/mol. The first-order chi connectivity index (χ1) is 9.00. The van der Waals surface area contributed by atoms with E-state index in [0.29, 0.717) is 6.04 Å². The molecular formula is C14H23NO4. The highest BCUT2D eigenvalue weighted by molar-refractivity contribution is 5.68. The van der Waals surface area contributed by atoms with Gasteiger partial charge in [0.15, 0.2) is 0 Å². The second-order valence-electron chi connectivity index (χ2n) is 6.57. The van der Waals surface area contributed by atoms with Gasteiger partial charge in [0.1, 0.15) is 6.61 Å². The zero-order chi connectivity index (χ0) is 13.5. The van der Waals surface area contributed by atoms with E-state index in [2.05, 4.69) is 4.90 Å². The summed E-state index contributed by atoms with van der Waals surface area (Å²) in [6.45, 7) is 4.38. The molecule has 3 aliphatic rings. The molecule has 1 aliphatic carbocycles. The lowest BCUT2D eigenvalue weighted by molar-refractivity contribution is -0.194. The lowest BCUT2D eigenvalue weighted by Gasteiger charge is -2.55. The summed E-state index contributed by atoms with van der Waals surface area (Å²) < 4.78 is 11.4. The number of hydrogen-bond acceptors (Lipinski definition) is 4. The first-order valence-electron chi connectivity index (χ1n) is 7.24. The molecule has 3 fully saturated rings. The maximum atomic E-state index is 10.5. The molecule has 2 aliphatic heterocycles. The molecule has 1 saturated carbocycles. The Kier molecular flexibility index (Phi) is 3.31. The normalized spacial score (nSPS) is 32.6. The van der Waals surface area contributed by atoms with Crippen molar-refractivity contribution in [1.82, 2.24) is 4.90 Å². The van der Waals surface area contributed by atoms with Gasteiger partial charge in [-0.3, -0.25) is 4.90 Å². The maximum Gasteiger partial charge on any atom is 0.329 e. The van der Waals surface area contributed by atoms with E-state index in [9.17, 15) is 4.79 Å². The molecule has 2 saturated heterocycles. The number of aliphatic carboxylic acids is 1. The molecule has 0 aromatic rings. The summed E-state index contributed by atoms with van der Waals surface area (Å²) in [5.41, 5.74) is -0.0969. The summed E-state index contributed by atoms with van der Waals surface area (Å²) in [5, 5.41) is 8.66. The van der Waals surface area contributed by atoms with Crippen LogP contribution in [-0.2, 0) is 14.3 Å². The summed E-state index contributed by atoms with van der Waals surface area (Å²) in [6.07, 6.45) is 5.96. The van der Waals surface area contributed by atoms with E-state index < -0.39 is 5.97 Å². The minimum absolute atomic E-state index is 0.177. The second-order valence-corrected chi connectivity index (χ2v) is 6.57. The third kappa shape index (κ3) is 2.64. The van der Waals surface area contributed by atoms with Crippen LogP contribution in [0.15, 0.2) is 0 Å². The number of carbonyl (C=O) groups is 1. The lowest BCUT2D eigenvalue weighted by Crippen LogP contribution is -2.66. The van der Waals surface area contributed by atoms with Crippen molar-refractivity contribution in [3.8, 4) is 0 Å². The Hall–Kier alpha value is -0.650. The van der Waals surface area contributed by atoms with Crippen LogP contribution < -0.4 is 0 Å². The van der Waals surface area contributed by atoms with Crippen molar-refractivity contribution < 1.29 is 19.4 Å². The minimum Gasteiger partial charge on any atom is -0.480 e. The third-order valence-corrected chi connectivity index (χ3v) is 4.87. The van der Waals surface area contributed by atoms with E-state index in [0.717, 1.165) is 32.5 Å². The maximum absolute atomic E-state index is 10.5. The Labute approximate surface area is 113 Å². The van der Waals surface area contributed by atoms with Crippen molar-refractivity contribution in [3.05, 3.63) is 0 Å². The van der Waals surface area contributed by atoms with Crippen LogP contribution in [0, 0.1) is 0 Å². The Morgan fingerprint density at radius 2 is 2.21 bits per heavy atom. The molecule has 2 heterocycles. The summed E-state index contributed by atoms with van der Waals surface area (Å²) in [6, 6.07) is 0.593.